The Kier molecular flexibility index (Phi) is 6.66. The number of carbonyl (C=O) groups excluding carboxylic acids is 1. The highest BCUT2D eigenvalue weighted by molar-refractivity contribution is 5.94. The van der Waals surface area contributed by atoms with E-state index in [-0.39, 0.29) is 17.8 Å². The third kappa shape index (κ3) is 5.14. The molecule has 1 amide bonds. The second-order valence-electron chi connectivity index (χ2n) is 7.39. The van der Waals surface area contributed by atoms with Crippen LogP contribution in [0.15, 0.2) is 53.1 Å². The maximum Gasteiger partial charge on any atom is 0.315 e. The second-order valence-corrected chi connectivity index (χ2v) is 7.39. The van der Waals surface area contributed by atoms with Gasteiger partial charge in [0.15, 0.2) is 0 Å². The summed E-state index contributed by atoms with van der Waals surface area (Å²) in [6.45, 7) is 1.07. The third-order valence-corrected chi connectivity index (χ3v) is 5.27. The molecule has 0 radical (unpaired) electrons. The summed E-state index contributed by atoms with van der Waals surface area (Å²) in [7, 11) is 0. The molecule has 0 bridgehead atoms. The fraction of sp³-hybridized carbons (Fsp3) is 0.348. The Morgan fingerprint density at radius 2 is 2.00 bits per heavy atom. The van der Waals surface area contributed by atoms with Crippen LogP contribution >= 0.6 is 0 Å². The van der Waals surface area contributed by atoms with Crippen molar-refractivity contribution in [2.24, 2.45) is 0 Å². The predicted octanol–water partition coefficient (Wildman–Crippen LogP) is 4.89. The lowest BCUT2D eigenvalue weighted by atomic mass is 9.89. The molecule has 1 atom stereocenters. The number of amides is 1. The number of alkyl halides is 2. The fourth-order valence-corrected chi connectivity index (χ4v) is 3.70. The number of fused-ring (bicyclic) bond motifs is 1. The summed E-state index contributed by atoms with van der Waals surface area (Å²) in [6.07, 6.45) is 1.27. The van der Waals surface area contributed by atoms with Crippen molar-refractivity contribution in [1.82, 2.24) is 15.5 Å². The van der Waals surface area contributed by atoms with Crippen LogP contribution in [0.5, 0.6) is 0 Å². The highest BCUT2D eigenvalue weighted by Gasteiger charge is 2.20. The summed E-state index contributed by atoms with van der Waals surface area (Å²) in [5.74, 6) is -0.879. The quantitative estimate of drug-likeness (QED) is 0.518. The van der Waals surface area contributed by atoms with Gasteiger partial charge in [-0.2, -0.15) is 13.8 Å². The topological polar surface area (TPSA) is 77.2 Å². The van der Waals surface area contributed by atoms with Crippen molar-refractivity contribution >= 4 is 5.91 Å². The van der Waals surface area contributed by atoms with E-state index in [9.17, 15) is 13.6 Å². The first-order valence-corrected chi connectivity index (χ1v) is 10.3. The largest absolute Gasteiger partial charge is 0.373 e. The van der Waals surface area contributed by atoms with Crippen LogP contribution in [0.25, 0.3) is 11.4 Å². The number of carbonyl (C=O) groups is 1. The number of benzene rings is 2. The maximum atomic E-state index is 12.6. The standard InChI is InChI=1S/C23H23F2N3O3/c24-20(25)23-27-21(28-31-23)16-9-11-17(12-10-16)22(29)26-13-4-14-30-19-8-3-6-15-5-1-2-7-18(15)19/h1-2,5,7,9-12,19-20H,3-4,6,8,13-14H2,(H,26,29)/t19-/m0/s1. The monoisotopic (exact) mass is 427 g/mol. The van der Waals surface area contributed by atoms with E-state index in [0.717, 1.165) is 19.3 Å². The zero-order valence-electron chi connectivity index (χ0n) is 16.9. The van der Waals surface area contributed by atoms with Crippen LogP contribution < -0.4 is 5.32 Å². The number of halogens is 2. The highest BCUT2D eigenvalue weighted by Crippen LogP contribution is 2.32. The fourth-order valence-electron chi connectivity index (χ4n) is 3.70. The van der Waals surface area contributed by atoms with Crippen LogP contribution in [-0.4, -0.2) is 29.2 Å². The minimum atomic E-state index is -2.82. The van der Waals surface area contributed by atoms with Gasteiger partial charge < -0.3 is 14.6 Å². The Morgan fingerprint density at radius 3 is 2.77 bits per heavy atom. The predicted molar refractivity (Wildman–Crippen MR) is 110 cm³/mol. The average Bonchev–Trinajstić information content (AvgIpc) is 3.30. The molecule has 3 aromatic rings. The number of aryl methyl sites for hydroxylation is 1. The van der Waals surface area contributed by atoms with Crippen molar-refractivity contribution in [3.8, 4) is 11.4 Å². The minimum Gasteiger partial charge on any atom is -0.373 e. The van der Waals surface area contributed by atoms with Gasteiger partial charge in [-0.25, -0.2) is 0 Å². The van der Waals surface area contributed by atoms with Crippen molar-refractivity contribution in [1.29, 1.82) is 0 Å². The van der Waals surface area contributed by atoms with E-state index in [0.29, 0.717) is 30.7 Å². The summed E-state index contributed by atoms with van der Waals surface area (Å²) < 4.78 is 35.7. The van der Waals surface area contributed by atoms with Gasteiger partial charge >= 0.3 is 6.43 Å². The van der Waals surface area contributed by atoms with Gasteiger partial charge in [0.05, 0.1) is 6.10 Å². The van der Waals surface area contributed by atoms with Gasteiger partial charge in [0, 0.05) is 24.3 Å². The Balaban J connectivity index is 1.22. The van der Waals surface area contributed by atoms with Crippen molar-refractivity contribution in [3.05, 3.63) is 71.1 Å². The zero-order chi connectivity index (χ0) is 21.6. The molecule has 0 unspecified atom stereocenters. The van der Waals surface area contributed by atoms with E-state index >= 15 is 0 Å². The maximum absolute atomic E-state index is 12.6. The summed E-state index contributed by atoms with van der Waals surface area (Å²) >= 11 is 0. The first-order chi connectivity index (χ1) is 15.1. The Bertz CT molecular complexity index is 1020. The number of ether oxygens (including phenoxy) is 1. The molecular formula is C23H23F2N3O3. The Morgan fingerprint density at radius 1 is 1.19 bits per heavy atom. The number of nitrogens with zero attached hydrogens (tertiary/aromatic N) is 2. The number of rotatable bonds is 8. The van der Waals surface area contributed by atoms with Crippen molar-refractivity contribution in [2.45, 2.75) is 38.2 Å². The van der Waals surface area contributed by atoms with Crippen molar-refractivity contribution < 1.29 is 22.8 Å². The summed E-state index contributed by atoms with van der Waals surface area (Å²) in [5, 5.41) is 6.39. The summed E-state index contributed by atoms with van der Waals surface area (Å²) in [6, 6.07) is 14.8. The van der Waals surface area contributed by atoms with Crippen LogP contribution in [0, 0.1) is 0 Å². The van der Waals surface area contributed by atoms with Crippen molar-refractivity contribution in [2.75, 3.05) is 13.2 Å². The van der Waals surface area contributed by atoms with Gasteiger partial charge in [-0.15, -0.1) is 0 Å². The molecular weight excluding hydrogens is 404 g/mol. The van der Waals surface area contributed by atoms with Crippen LogP contribution in [-0.2, 0) is 11.2 Å². The molecule has 6 nitrogen and oxygen atoms in total. The van der Waals surface area contributed by atoms with Crippen LogP contribution in [0.3, 0.4) is 0 Å². The van der Waals surface area contributed by atoms with Gasteiger partial charge in [0.2, 0.25) is 5.82 Å². The smallest absolute Gasteiger partial charge is 0.315 e. The molecule has 162 valence electrons. The Labute approximate surface area is 178 Å². The number of nitrogens with one attached hydrogen (secondary N) is 1. The molecule has 0 spiro atoms. The SMILES string of the molecule is O=C(NCCCO[C@H]1CCCc2ccccc21)c1ccc(-c2noc(C(F)F)n2)cc1. The highest BCUT2D eigenvalue weighted by atomic mass is 19.3. The first kappa shape index (κ1) is 21.1. The van der Waals surface area contributed by atoms with Gasteiger partial charge in [-0.1, -0.05) is 41.6 Å². The molecule has 1 heterocycles. The van der Waals surface area contributed by atoms with E-state index in [1.165, 1.54) is 11.1 Å². The van der Waals surface area contributed by atoms with Crippen LogP contribution in [0.4, 0.5) is 8.78 Å². The van der Waals surface area contributed by atoms with Crippen LogP contribution in [0.1, 0.15) is 59.2 Å². The lowest BCUT2D eigenvalue weighted by Gasteiger charge is -2.25. The molecule has 31 heavy (non-hydrogen) atoms. The summed E-state index contributed by atoms with van der Waals surface area (Å²) in [5.41, 5.74) is 3.60. The zero-order valence-corrected chi connectivity index (χ0v) is 16.9. The van der Waals surface area contributed by atoms with Gasteiger partial charge in [0.1, 0.15) is 0 Å². The molecule has 8 heteroatoms. The van der Waals surface area contributed by atoms with E-state index in [4.69, 9.17) is 4.74 Å². The van der Waals surface area contributed by atoms with Gasteiger partial charge in [0.25, 0.3) is 11.8 Å². The molecule has 1 aliphatic rings. The van der Waals surface area contributed by atoms with Gasteiger partial charge in [-0.05, 0) is 48.9 Å². The molecule has 0 saturated carbocycles. The van der Waals surface area contributed by atoms with Gasteiger partial charge in [-0.3, -0.25) is 4.79 Å². The number of aromatic nitrogens is 2. The number of hydrogen-bond acceptors (Lipinski definition) is 5. The van der Waals surface area contributed by atoms with E-state index in [1.54, 1.807) is 24.3 Å². The Hall–Kier alpha value is -3.13. The van der Waals surface area contributed by atoms with E-state index in [2.05, 4.69) is 38.2 Å². The molecule has 0 aliphatic heterocycles. The van der Waals surface area contributed by atoms with Crippen LogP contribution in [0.2, 0.25) is 0 Å². The molecule has 4 rings (SSSR count). The molecule has 1 N–H and O–H groups in total. The van der Waals surface area contributed by atoms with E-state index < -0.39 is 12.3 Å². The second kappa shape index (κ2) is 9.78. The summed E-state index contributed by atoms with van der Waals surface area (Å²) in [4.78, 5) is 15.9. The van der Waals surface area contributed by atoms with E-state index in [1.807, 2.05) is 6.07 Å². The molecule has 1 aliphatic carbocycles. The first-order valence-electron chi connectivity index (χ1n) is 10.3. The lowest BCUT2D eigenvalue weighted by molar-refractivity contribution is 0.0393. The average molecular weight is 427 g/mol. The third-order valence-electron chi connectivity index (χ3n) is 5.27. The molecule has 2 aromatic carbocycles. The normalized spacial score (nSPS) is 15.6. The molecule has 0 saturated heterocycles. The molecule has 1 aromatic heterocycles. The lowest BCUT2D eigenvalue weighted by Crippen LogP contribution is -2.25. The minimum absolute atomic E-state index is 0.0590. The molecule has 0 fully saturated rings. The number of hydrogen-bond donors (Lipinski definition) is 1. The van der Waals surface area contributed by atoms with Crippen molar-refractivity contribution in [3.63, 3.8) is 0 Å².